The first kappa shape index (κ1) is 21.5. The lowest BCUT2D eigenvalue weighted by molar-refractivity contribution is 0.0939. The van der Waals surface area contributed by atoms with Gasteiger partial charge in [-0.15, -0.1) is 0 Å². The molecule has 1 aromatic heterocycles. The lowest BCUT2D eigenvalue weighted by Gasteiger charge is -2.16. The second kappa shape index (κ2) is 7.89. The van der Waals surface area contributed by atoms with E-state index in [1.165, 1.54) is 6.07 Å². The standard InChI is InChI=1S/C19H12Cl3F3N2O2/c1-6(2)17(28)12-18(29)11-13(22)7(20)5-8(21)16(11)27-19(12)26-10-4-3-9(23)14(24)15(10)25/h3-6H,1-2H3,(H2,26,27,29). The number of fused-ring (bicyclic) bond motifs is 1. The summed E-state index contributed by atoms with van der Waals surface area (Å²) >= 11 is 18.3. The summed E-state index contributed by atoms with van der Waals surface area (Å²) in [4.78, 5) is 28.5. The fourth-order valence-corrected chi connectivity index (χ4v) is 3.48. The lowest BCUT2D eigenvalue weighted by Crippen LogP contribution is -2.23. The van der Waals surface area contributed by atoms with Crippen LogP contribution in [0.5, 0.6) is 0 Å². The Kier molecular flexibility index (Phi) is 5.85. The number of nitrogens with one attached hydrogen (secondary N) is 2. The Morgan fingerprint density at radius 3 is 2.34 bits per heavy atom. The van der Waals surface area contributed by atoms with Gasteiger partial charge in [-0.3, -0.25) is 9.59 Å². The highest BCUT2D eigenvalue weighted by molar-refractivity contribution is 6.47. The van der Waals surface area contributed by atoms with Crippen LogP contribution in [0.25, 0.3) is 10.9 Å². The first-order valence-electron chi connectivity index (χ1n) is 8.22. The molecule has 0 radical (unpaired) electrons. The van der Waals surface area contributed by atoms with E-state index in [9.17, 15) is 22.8 Å². The third kappa shape index (κ3) is 3.70. The quantitative estimate of drug-likeness (QED) is 0.264. The summed E-state index contributed by atoms with van der Waals surface area (Å²) in [6, 6.07) is 2.92. The molecule has 3 aromatic rings. The summed E-state index contributed by atoms with van der Waals surface area (Å²) in [6.07, 6.45) is 0. The van der Waals surface area contributed by atoms with E-state index < -0.39 is 40.3 Å². The molecular weight excluding hydrogens is 452 g/mol. The van der Waals surface area contributed by atoms with Crippen molar-refractivity contribution in [3.05, 3.63) is 66.5 Å². The van der Waals surface area contributed by atoms with E-state index in [1.54, 1.807) is 13.8 Å². The Balaban J connectivity index is 2.37. The van der Waals surface area contributed by atoms with Gasteiger partial charge >= 0.3 is 0 Å². The van der Waals surface area contributed by atoms with E-state index in [2.05, 4.69) is 10.3 Å². The van der Waals surface area contributed by atoms with Crippen molar-refractivity contribution < 1.29 is 18.0 Å². The molecule has 152 valence electrons. The van der Waals surface area contributed by atoms with Crippen molar-refractivity contribution in [1.82, 2.24) is 4.98 Å². The molecule has 0 atom stereocenters. The molecule has 10 heteroatoms. The van der Waals surface area contributed by atoms with Crippen LogP contribution in [-0.4, -0.2) is 10.8 Å². The molecule has 0 aliphatic heterocycles. The molecule has 3 rings (SSSR count). The van der Waals surface area contributed by atoms with Crippen molar-refractivity contribution in [3.63, 3.8) is 0 Å². The maximum absolute atomic E-state index is 14.1. The number of hydrogen-bond acceptors (Lipinski definition) is 3. The highest BCUT2D eigenvalue weighted by Crippen LogP contribution is 2.35. The SMILES string of the molecule is CC(C)C(=O)c1c(Nc2ccc(F)c(F)c2F)[nH]c2c(Cl)cc(Cl)c(Cl)c2c1=O. The number of rotatable bonds is 4. The number of hydrogen-bond donors (Lipinski definition) is 2. The van der Waals surface area contributed by atoms with Gasteiger partial charge < -0.3 is 10.3 Å². The molecule has 29 heavy (non-hydrogen) atoms. The van der Waals surface area contributed by atoms with Crippen molar-refractivity contribution in [2.75, 3.05) is 5.32 Å². The molecule has 2 aromatic carbocycles. The molecule has 0 unspecified atom stereocenters. The third-order valence-corrected chi connectivity index (χ3v) is 5.28. The monoisotopic (exact) mass is 462 g/mol. The van der Waals surface area contributed by atoms with Crippen LogP contribution in [0.4, 0.5) is 24.7 Å². The smallest absolute Gasteiger partial charge is 0.204 e. The van der Waals surface area contributed by atoms with Crippen molar-refractivity contribution in [1.29, 1.82) is 0 Å². The molecule has 0 saturated heterocycles. The summed E-state index contributed by atoms with van der Waals surface area (Å²) in [6.45, 7) is 3.11. The van der Waals surface area contributed by atoms with Crippen molar-refractivity contribution in [2.45, 2.75) is 13.8 Å². The zero-order valence-electron chi connectivity index (χ0n) is 14.9. The van der Waals surface area contributed by atoms with Crippen LogP contribution in [0.15, 0.2) is 23.0 Å². The van der Waals surface area contributed by atoms with E-state index in [0.717, 1.165) is 6.07 Å². The number of aromatic amines is 1. The number of ketones is 1. The number of benzene rings is 2. The normalized spacial score (nSPS) is 11.3. The van der Waals surface area contributed by atoms with Crippen LogP contribution >= 0.6 is 34.8 Å². The topological polar surface area (TPSA) is 62.0 Å². The Morgan fingerprint density at radius 2 is 1.72 bits per heavy atom. The number of carbonyl (C=O) groups excluding carboxylic acids is 1. The highest BCUT2D eigenvalue weighted by atomic mass is 35.5. The van der Waals surface area contributed by atoms with Crippen LogP contribution in [0.3, 0.4) is 0 Å². The first-order chi connectivity index (χ1) is 13.5. The van der Waals surface area contributed by atoms with Crippen molar-refractivity contribution >= 4 is 63.0 Å². The van der Waals surface area contributed by atoms with Gasteiger partial charge in [-0.1, -0.05) is 48.7 Å². The van der Waals surface area contributed by atoms with Crippen LogP contribution in [-0.2, 0) is 0 Å². The molecule has 0 amide bonds. The van der Waals surface area contributed by atoms with E-state index in [4.69, 9.17) is 34.8 Å². The Hall–Kier alpha value is -2.22. The second-order valence-corrected chi connectivity index (χ2v) is 7.67. The minimum Gasteiger partial charge on any atom is -0.339 e. The third-order valence-electron chi connectivity index (χ3n) is 4.19. The zero-order valence-corrected chi connectivity index (χ0v) is 17.2. The minimum absolute atomic E-state index is 0.00460. The molecule has 0 bridgehead atoms. The van der Waals surface area contributed by atoms with Crippen LogP contribution in [0, 0.1) is 23.4 Å². The molecule has 0 aliphatic carbocycles. The number of H-pyrrole nitrogens is 1. The average molecular weight is 464 g/mol. The molecular formula is C19H12Cl3F3N2O2. The van der Waals surface area contributed by atoms with Crippen LogP contribution < -0.4 is 10.7 Å². The molecule has 2 N–H and O–H groups in total. The zero-order chi connectivity index (χ0) is 21.6. The maximum atomic E-state index is 14.1. The predicted octanol–water partition coefficient (Wildman–Crippen LogP) is 6.49. The van der Waals surface area contributed by atoms with Gasteiger partial charge in [0.15, 0.2) is 23.2 Å². The molecule has 0 aliphatic rings. The predicted molar refractivity (Wildman–Crippen MR) is 108 cm³/mol. The molecule has 0 saturated carbocycles. The Labute approximate surface area is 177 Å². The second-order valence-electron chi connectivity index (χ2n) is 6.48. The Morgan fingerprint density at radius 1 is 1.07 bits per heavy atom. The summed E-state index contributed by atoms with van der Waals surface area (Å²) in [5, 5.41) is 2.23. The van der Waals surface area contributed by atoms with Gasteiger partial charge in [0.1, 0.15) is 11.4 Å². The van der Waals surface area contributed by atoms with Gasteiger partial charge in [-0.2, -0.15) is 0 Å². The molecule has 1 heterocycles. The first-order valence-corrected chi connectivity index (χ1v) is 9.36. The Bertz CT molecular complexity index is 1230. The van der Waals surface area contributed by atoms with Gasteiger partial charge in [0.25, 0.3) is 0 Å². The molecule has 4 nitrogen and oxygen atoms in total. The number of pyridine rings is 1. The largest absolute Gasteiger partial charge is 0.339 e. The van der Waals surface area contributed by atoms with Crippen LogP contribution in [0.1, 0.15) is 24.2 Å². The molecule has 0 fully saturated rings. The van der Waals surface area contributed by atoms with Crippen molar-refractivity contribution in [2.24, 2.45) is 5.92 Å². The van der Waals surface area contributed by atoms with Gasteiger partial charge in [-0.25, -0.2) is 13.2 Å². The summed E-state index contributed by atoms with van der Waals surface area (Å²) < 4.78 is 40.9. The van der Waals surface area contributed by atoms with Gasteiger partial charge in [-0.05, 0) is 18.2 Å². The number of Topliss-reactive ketones (excluding diaryl/α,β-unsaturated/α-hetero) is 1. The summed E-state index contributed by atoms with van der Waals surface area (Å²) in [5.41, 5.74) is -1.63. The average Bonchev–Trinajstić information content (AvgIpc) is 2.66. The fraction of sp³-hybridized carbons (Fsp3) is 0.158. The van der Waals surface area contributed by atoms with E-state index in [-0.39, 0.29) is 37.4 Å². The van der Waals surface area contributed by atoms with E-state index >= 15 is 0 Å². The lowest BCUT2D eigenvalue weighted by atomic mass is 9.99. The number of halogens is 6. The fourth-order valence-electron chi connectivity index (χ4n) is 2.73. The van der Waals surface area contributed by atoms with Gasteiger partial charge in [0, 0.05) is 5.92 Å². The van der Waals surface area contributed by atoms with Crippen molar-refractivity contribution in [3.8, 4) is 0 Å². The van der Waals surface area contributed by atoms with Crippen LogP contribution in [0.2, 0.25) is 15.1 Å². The van der Waals surface area contributed by atoms with E-state index in [1.807, 2.05) is 0 Å². The number of aromatic nitrogens is 1. The highest BCUT2D eigenvalue weighted by Gasteiger charge is 2.25. The summed E-state index contributed by atoms with van der Waals surface area (Å²) in [7, 11) is 0. The molecule has 0 spiro atoms. The maximum Gasteiger partial charge on any atom is 0.204 e. The minimum atomic E-state index is -1.71. The number of carbonyl (C=O) groups is 1. The summed E-state index contributed by atoms with van der Waals surface area (Å²) in [5.74, 6) is -6.06. The van der Waals surface area contributed by atoms with Gasteiger partial charge in [0.05, 0.1) is 31.7 Å². The van der Waals surface area contributed by atoms with Gasteiger partial charge in [0.2, 0.25) is 5.43 Å². The number of anilines is 2. The van der Waals surface area contributed by atoms with E-state index in [0.29, 0.717) is 6.07 Å².